The maximum Gasteiger partial charge on any atom is 1.00 e. The molecule has 1 aromatic rings. The van der Waals surface area contributed by atoms with Crippen LogP contribution in [0.5, 0.6) is 0 Å². The van der Waals surface area contributed by atoms with E-state index in [4.69, 9.17) is 5.21 Å². The Balaban J connectivity index is 0.00000225. The zero-order chi connectivity index (χ0) is 11.3. The van der Waals surface area contributed by atoms with Gasteiger partial charge in [-0.2, -0.15) is 0 Å². The zero-order valence-corrected chi connectivity index (χ0v) is 11.9. The Morgan fingerprint density at radius 1 is 1.38 bits per heavy atom. The Kier molecular flexibility index (Phi) is 7.12. The Hall–Kier alpha value is -0.780. The van der Waals surface area contributed by atoms with E-state index in [0.717, 1.165) is 5.56 Å². The van der Waals surface area contributed by atoms with Crippen molar-refractivity contribution in [3.63, 3.8) is 0 Å². The summed E-state index contributed by atoms with van der Waals surface area (Å²) in [5.74, 6) is 0. The van der Waals surface area contributed by atoms with Gasteiger partial charge in [-0.1, -0.05) is 30.3 Å². The van der Waals surface area contributed by atoms with E-state index in [1.807, 2.05) is 44.2 Å². The smallest absolute Gasteiger partial charge is 0.569 e. The van der Waals surface area contributed by atoms with E-state index in [9.17, 15) is 5.21 Å². The Morgan fingerprint density at radius 2 is 1.94 bits per heavy atom. The molecule has 0 atom stereocenters. The Morgan fingerprint density at radius 3 is 2.38 bits per heavy atom. The maximum absolute atomic E-state index is 11.2. The molecule has 0 aliphatic carbocycles. The van der Waals surface area contributed by atoms with Crippen molar-refractivity contribution in [2.24, 2.45) is 5.28 Å². The molecule has 16 heavy (non-hydrogen) atoms. The summed E-state index contributed by atoms with van der Waals surface area (Å²) in [6.07, 6.45) is 0. The van der Waals surface area contributed by atoms with E-state index in [1.165, 1.54) is 5.01 Å². The molecule has 6 heteroatoms. The van der Waals surface area contributed by atoms with Gasteiger partial charge in [-0.25, -0.2) is 0 Å². The molecule has 0 fully saturated rings. The average Bonchev–Trinajstić information content (AvgIpc) is 2.26. The molecular formula is C10H15N3NaO2+. The number of rotatable bonds is 4. The molecule has 1 N–H and O–H groups in total. The molecular weight excluding hydrogens is 217 g/mol. The Bertz CT molecular complexity index is 330. The summed E-state index contributed by atoms with van der Waals surface area (Å²) in [7, 11) is 0. The van der Waals surface area contributed by atoms with Crippen LogP contribution in [0.15, 0.2) is 35.6 Å². The van der Waals surface area contributed by atoms with Crippen molar-refractivity contribution < 1.29 is 39.7 Å². The molecule has 0 aliphatic rings. The second-order valence-electron chi connectivity index (χ2n) is 3.52. The fraction of sp³-hybridized carbons (Fsp3) is 0.400. The van der Waals surface area contributed by atoms with Crippen molar-refractivity contribution in [3.05, 3.63) is 41.1 Å². The van der Waals surface area contributed by atoms with Crippen LogP contribution in [0.25, 0.3) is 0 Å². The zero-order valence-electron chi connectivity index (χ0n) is 9.87. The summed E-state index contributed by atoms with van der Waals surface area (Å²) >= 11 is 0. The fourth-order valence-electron chi connectivity index (χ4n) is 1.26. The van der Waals surface area contributed by atoms with E-state index in [-0.39, 0.29) is 40.6 Å². The van der Waals surface area contributed by atoms with Crippen molar-refractivity contribution in [2.75, 3.05) is 0 Å². The second-order valence-corrected chi connectivity index (χ2v) is 3.52. The van der Waals surface area contributed by atoms with Crippen molar-refractivity contribution >= 4 is 0 Å². The molecule has 5 nitrogen and oxygen atoms in total. The molecule has 0 radical (unpaired) electrons. The third-order valence-corrected chi connectivity index (χ3v) is 2.08. The predicted octanol–water partition coefficient (Wildman–Crippen LogP) is -0.832. The summed E-state index contributed by atoms with van der Waals surface area (Å²) < 4.78 is 0. The van der Waals surface area contributed by atoms with E-state index < -0.39 is 0 Å². The van der Waals surface area contributed by atoms with Gasteiger partial charge >= 0.3 is 29.6 Å². The van der Waals surface area contributed by atoms with E-state index >= 15 is 0 Å². The van der Waals surface area contributed by atoms with Crippen LogP contribution in [0.2, 0.25) is 0 Å². The first-order valence-corrected chi connectivity index (χ1v) is 4.78. The number of benzene rings is 1. The summed E-state index contributed by atoms with van der Waals surface area (Å²) in [5, 5.41) is 23.6. The number of hydrogen-bond acceptors (Lipinski definition) is 2. The molecule has 0 saturated heterocycles. The first kappa shape index (κ1) is 15.2. The van der Waals surface area contributed by atoms with Crippen molar-refractivity contribution in [1.29, 1.82) is 0 Å². The molecule has 0 bridgehead atoms. The van der Waals surface area contributed by atoms with Gasteiger partial charge in [-0.05, 0) is 19.4 Å². The third-order valence-electron chi connectivity index (χ3n) is 2.08. The van der Waals surface area contributed by atoms with Gasteiger partial charge in [0.15, 0.2) is 0 Å². The average molecular weight is 232 g/mol. The topological polar surface area (TPSA) is 61.9 Å². The van der Waals surface area contributed by atoms with Gasteiger partial charge in [0.05, 0.1) is 11.0 Å². The predicted molar refractivity (Wildman–Crippen MR) is 55.0 cm³/mol. The molecule has 0 heterocycles. The first-order chi connectivity index (χ1) is 7.15. The molecule has 1 rings (SSSR count). The van der Waals surface area contributed by atoms with Crippen LogP contribution in [0.3, 0.4) is 0 Å². The molecule has 0 aliphatic heterocycles. The number of nitrogens with zero attached hydrogens (tertiary/aromatic N) is 3. The van der Waals surface area contributed by atoms with Crippen LogP contribution in [0.1, 0.15) is 19.4 Å². The number of hydrogen-bond donors (Lipinski definition) is 1. The summed E-state index contributed by atoms with van der Waals surface area (Å²) in [6, 6.07) is 9.52. The van der Waals surface area contributed by atoms with E-state index in [0.29, 0.717) is 6.54 Å². The van der Waals surface area contributed by atoms with Gasteiger partial charge in [0, 0.05) is 0 Å². The quantitative estimate of drug-likeness (QED) is 0.319. The van der Waals surface area contributed by atoms with Crippen molar-refractivity contribution in [2.45, 2.75) is 26.4 Å². The third kappa shape index (κ3) is 4.38. The van der Waals surface area contributed by atoms with Gasteiger partial charge in [0.1, 0.15) is 6.54 Å². The molecule has 0 amide bonds. The summed E-state index contributed by atoms with van der Waals surface area (Å²) in [4.78, 5) is 0.206. The molecule has 0 saturated carbocycles. The van der Waals surface area contributed by atoms with Gasteiger partial charge in [-0.3, -0.25) is 0 Å². The van der Waals surface area contributed by atoms with Crippen LogP contribution < -0.4 is 29.6 Å². The summed E-state index contributed by atoms with van der Waals surface area (Å²) in [5.41, 5.74) is 0.996. The largest absolute Gasteiger partial charge is 1.00 e. The van der Waals surface area contributed by atoms with Crippen LogP contribution in [0, 0.1) is 5.21 Å². The van der Waals surface area contributed by atoms with Crippen LogP contribution in [0.4, 0.5) is 0 Å². The van der Waals surface area contributed by atoms with Gasteiger partial charge in [0.25, 0.3) is 0 Å². The van der Waals surface area contributed by atoms with Crippen molar-refractivity contribution in [3.8, 4) is 0 Å². The SMILES string of the molecule is CC(C)N(Cc1ccccc1)[N+]([O-])=NO.[Na+]. The van der Waals surface area contributed by atoms with Gasteiger partial charge in [-0.15, -0.1) is 5.01 Å². The minimum Gasteiger partial charge on any atom is -0.569 e. The van der Waals surface area contributed by atoms with Crippen LogP contribution in [-0.2, 0) is 6.54 Å². The standard InChI is InChI=1S/C10H15N3O2.Na/c1-9(2)12(13(15)11-14)8-10-6-4-3-5-7-10;/h3-7,9,14H,8H2,1-2H3;/q;+1. The fourth-order valence-corrected chi connectivity index (χ4v) is 1.26. The monoisotopic (exact) mass is 232 g/mol. The molecule has 1 aromatic carbocycles. The molecule has 0 spiro atoms. The molecule has 82 valence electrons. The minimum atomic E-state index is -0.0291. The van der Waals surface area contributed by atoms with Gasteiger partial charge in [0.2, 0.25) is 5.28 Å². The Labute approximate surface area is 117 Å². The normalized spacial score (nSPS) is 11.1. The van der Waals surface area contributed by atoms with E-state index in [2.05, 4.69) is 5.28 Å². The van der Waals surface area contributed by atoms with Crippen molar-refractivity contribution in [1.82, 2.24) is 5.01 Å². The minimum absolute atomic E-state index is 0. The van der Waals surface area contributed by atoms with E-state index in [1.54, 1.807) is 0 Å². The van der Waals surface area contributed by atoms with Gasteiger partial charge < -0.3 is 10.4 Å². The second kappa shape index (κ2) is 7.49. The van der Waals surface area contributed by atoms with Crippen LogP contribution in [-0.4, -0.2) is 21.2 Å². The molecule has 0 unspecified atom stereocenters. The molecule has 0 aromatic heterocycles. The maximum atomic E-state index is 11.2. The summed E-state index contributed by atoms with van der Waals surface area (Å²) in [6.45, 7) is 4.14. The first-order valence-electron chi connectivity index (χ1n) is 4.78. The number of hydrazine groups is 1. The van der Waals surface area contributed by atoms with Crippen LogP contribution >= 0.6 is 0 Å².